The lowest BCUT2D eigenvalue weighted by Crippen LogP contribution is -2.24. The molecule has 0 aliphatic heterocycles. The van der Waals surface area contributed by atoms with Crippen molar-refractivity contribution in [1.29, 1.82) is 0 Å². The standard InChI is InChI=1S/C19H25N5O2/c1-19(2,3)24-16-14(12-20-24)17(26)23-18(22-16)21-15(10-7-11-25)13-8-5-4-6-9-13/h4-6,8-9,12,15,25H,7,10-11H2,1-3H3,(H2,21,22,23,26). The van der Waals surface area contributed by atoms with Crippen molar-refractivity contribution >= 4 is 17.0 Å². The third-order valence-corrected chi connectivity index (χ3v) is 4.24. The van der Waals surface area contributed by atoms with Crippen LogP contribution in [0.25, 0.3) is 11.0 Å². The summed E-state index contributed by atoms with van der Waals surface area (Å²) in [6.07, 6.45) is 2.93. The maximum Gasteiger partial charge on any atom is 0.263 e. The zero-order valence-corrected chi connectivity index (χ0v) is 15.4. The fraction of sp³-hybridized carbons (Fsp3) is 0.421. The number of aromatic nitrogens is 4. The van der Waals surface area contributed by atoms with Gasteiger partial charge in [0.1, 0.15) is 5.39 Å². The van der Waals surface area contributed by atoms with Gasteiger partial charge >= 0.3 is 0 Å². The van der Waals surface area contributed by atoms with Gasteiger partial charge in [0.05, 0.1) is 17.8 Å². The van der Waals surface area contributed by atoms with Crippen molar-refractivity contribution in [1.82, 2.24) is 19.7 Å². The molecular formula is C19H25N5O2. The lowest BCUT2D eigenvalue weighted by atomic mass is 10.0. The Labute approximate surface area is 152 Å². The molecule has 0 radical (unpaired) electrons. The molecule has 2 heterocycles. The molecule has 0 amide bonds. The Balaban J connectivity index is 1.99. The summed E-state index contributed by atoms with van der Waals surface area (Å²) < 4.78 is 1.76. The van der Waals surface area contributed by atoms with Gasteiger partial charge in [-0.05, 0) is 39.2 Å². The van der Waals surface area contributed by atoms with Crippen LogP contribution >= 0.6 is 0 Å². The molecule has 1 aromatic carbocycles. The smallest absolute Gasteiger partial charge is 0.263 e. The van der Waals surface area contributed by atoms with E-state index in [0.29, 0.717) is 23.4 Å². The molecule has 138 valence electrons. The molecule has 7 nitrogen and oxygen atoms in total. The number of rotatable bonds is 6. The van der Waals surface area contributed by atoms with Crippen LogP contribution in [-0.2, 0) is 5.54 Å². The first-order valence-electron chi connectivity index (χ1n) is 8.81. The summed E-state index contributed by atoms with van der Waals surface area (Å²) in [5.41, 5.74) is 1.13. The Bertz CT molecular complexity index is 924. The average Bonchev–Trinajstić information content (AvgIpc) is 3.04. The van der Waals surface area contributed by atoms with Crippen LogP contribution in [0.2, 0.25) is 0 Å². The van der Waals surface area contributed by atoms with Gasteiger partial charge in [-0.2, -0.15) is 10.1 Å². The van der Waals surface area contributed by atoms with Crippen LogP contribution in [0.15, 0.2) is 41.3 Å². The van der Waals surface area contributed by atoms with Gasteiger partial charge in [0, 0.05) is 6.61 Å². The van der Waals surface area contributed by atoms with Crippen LogP contribution in [0.3, 0.4) is 0 Å². The van der Waals surface area contributed by atoms with Crippen molar-refractivity contribution in [3.05, 3.63) is 52.4 Å². The second-order valence-electron chi connectivity index (χ2n) is 7.35. The first-order chi connectivity index (χ1) is 12.4. The van der Waals surface area contributed by atoms with E-state index in [1.54, 1.807) is 10.9 Å². The third-order valence-electron chi connectivity index (χ3n) is 4.24. The molecule has 0 spiro atoms. The van der Waals surface area contributed by atoms with E-state index in [1.807, 2.05) is 51.1 Å². The number of hydrogen-bond acceptors (Lipinski definition) is 5. The van der Waals surface area contributed by atoms with Crippen molar-refractivity contribution < 1.29 is 5.11 Å². The Morgan fingerprint density at radius 3 is 2.65 bits per heavy atom. The summed E-state index contributed by atoms with van der Waals surface area (Å²) in [7, 11) is 0. The minimum Gasteiger partial charge on any atom is -0.396 e. The van der Waals surface area contributed by atoms with E-state index in [2.05, 4.69) is 20.4 Å². The highest BCUT2D eigenvalue weighted by Gasteiger charge is 2.20. The van der Waals surface area contributed by atoms with E-state index >= 15 is 0 Å². The van der Waals surface area contributed by atoms with Gasteiger partial charge in [0.15, 0.2) is 5.65 Å². The lowest BCUT2D eigenvalue weighted by Gasteiger charge is -2.21. The molecule has 0 saturated heterocycles. The van der Waals surface area contributed by atoms with E-state index in [4.69, 9.17) is 0 Å². The molecule has 1 atom stereocenters. The van der Waals surface area contributed by atoms with E-state index in [-0.39, 0.29) is 23.7 Å². The van der Waals surface area contributed by atoms with Crippen molar-refractivity contribution in [3.8, 4) is 0 Å². The lowest BCUT2D eigenvalue weighted by molar-refractivity contribution is 0.281. The second-order valence-corrected chi connectivity index (χ2v) is 7.35. The fourth-order valence-electron chi connectivity index (χ4n) is 2.95. The summed E-state index contributed by atoms with van der Waals surface area (Å²) in [5.74, 6) is 0.403. The SMILES string of the molecule is CC(C)(C)n1ncc2c(=O)[nH]c(NC(CCCO)c3ccccc3)nc21. The van der Waals surface area contributed by atoms with Gasteiger partial charge in [-0.15, -0.1) is 0 Å². The van der Waals surface area contributed by atoms with Gasteiger partial charge in [-0.25, -0.2) is 4.68 Å². The number of benzene rings is 1. The zero-order valence-electron chi connectivity index (χ0n) is 15.4. The number of hydrogen-bond donors (Lipinski definition) is 3. The topological polar surface area (TPSA) is 95.8 Å². The number of nitrogens with zero attached hydrogens (tertiary/aromatic N) is 3. The van der Waals surface area contributed by atoms with Crippen molar-refractivity contribution in [2.45, 2.75) is 45.2 Å². The number of H-pyrrole nitrogens is 1. The molecule has 7 heteroatoms. The zero-order chi connectivity index (χ0) is 18.7. The van der Waals surface area contributed by atoms with Crippen LogP contribution < -0.4 is 10.9 Å². The molecule has 0 bridgehead atoms. The third kappa shape index (κ3) is 3.77. The molecule has 0 fully saturated rings. The Morgan fingerprint density at radius 1 is 1.27 bits per heavy atom. The molecule has 3 N–H and O–H groups in total. The first kappa shape index (κ1) is 18.1. The predicted molar refractivity (Wildman–Crippen MR) is 102 cm³/mol. The van der Waals surface area contributed by atoms with Gasteiger partial charge in [0.25, 0.3) is 5.56 Å². The Morgan fingerprint density at radius 2 is 2.00 bits per heavy atom. The number of aliphatic hydroxyl groups excluding tert-OH is 1. The minimum absolute atomic E-state index is 0.0602. The van der Waals surface area contributed by atoms with Crippen LogP contribution in [0.1, 0.15) is 45.2 Å². The average molecular weight is 355 g/mol. The predicted octanol–water partition coefficient (Wildman–Crippen LogP) is 2.80. The Kier molecular flexibility index (Phi) is 5.08. The van der Waals surface area contributed by atoms with Gasteiger partial charge in [-0.1, -0.05) is 30.3 Å². The van der Waals surface area contributed by atoms with Gasteiger partial charge in [0.2, 0.25) is 5.95 Å². The second kappa shape index (κ2) is 7.29. The largest absolute Gasteiger partial charge is 0.396 e. The summed E-state index contributed by atoms with van der Waals surface area (Å²) in [4.78, 5) is 19.8. The molecule has 3 rings (SSSR count). The highest BCUT2D eigenvalue weighted by molar-refractivity contribution is 5.74. The molecule has 1 unspecified atom stereocenters. The van der Waals surface area contributed by atoms with Crippen LogP contribution in [-0.4, -0.2) is 31.5 Å². The molecule has 0 aliphatic carbocycles. The molecule has 0 saturated carbocycles. The summed E-state index contributed by atoms with van der Waals surface area (Å²) in [6.45, 7) is 6.17. The van der Waals surface area contributed by atoms with E-state index < -0.39 is 0 Å². The molecule has 3 aromatic rings. The highest BCUT2D eigenvalue weighted by Crippen LogP contribution is 2.23. The summed E-state index contributed by atoms with van der Waals surface area (Å²) in [5, 5.41) is 17.3. The maximum absolute atomic E-state index is 12.4. The van der Waals surface area contributed by atoms with Crippen LogP contribution in [0.5, 0.6) is 0 Å². The van der Waals surface area contributed by atoms with Gasteiger partial charge in [-0.3, -0.25) is 9.78 Å². The molecule has 0 aliphatic rings. The number of aliphatic hydroxyl groups is 1. The summed E-state index contributed by atoms with van der Waals surface area (Å²) >= 11 is 0. The van der Waals surface area contributed by atoms with E-state index in [9.17, 15) is 9.90 Å². The number of aromatic amines is 1. The van der Waals surface area contributed by atoms with Crippen molar-refractivity contribution in [2.24, 2.45) is 0 Å². The monoisotopic (exact) mass is 355 g/mol. The minimum atomic E-state index is -0.282. The van der Waals surface area contributed by atoms with Crippen LogP contribution in [0.4, 0.5) is 5.95 Å². The van der Waals surface area contributed by atoms with Crippen molar-refractivity contribution in [2.75, 3.05) is 11.9 Å². The normalized spacial score (nSPS) is 13.1. The quantitative estimate of drug-likeness (QED) is 0.632. The fourth-order valence-corrected chi connectivity index (χ4v) is 2.95. The maximum atomic E-state index is 12.4. The van der Waals surface area contributed by atoms with Gasteiger partial charge < -0.3 is 10.4 Å². The number of anilines is 1. The van der Waals surface area contributed by atoms with Crippen LogP contribution in [0, 0.1) is 0 Å². The Hall–Kier alpha value is -2.67. The highest BCUT2D eigenvalue weighted by atomic mass is 16.2. The molecule has 2 aromatic heterocycles. The summed E-state index contributed by atoms with van der Waals surface area (Å²) in [6, 6.07) is 9.88. The van der Waals surface area contributed by atoms with Crippen molar-refractivity contribution in [3.63, 3.8) is 0 Å². The number of nitrogens with one attached hydrogen (secondary N) is 2. The number of fused-ring (bicyclic) bond motifs is 1. The first-order valence-corrected chi connectivity index (χ1v) is 8.81. The molecule has 26 heavy (non-hydrogen) atoms. The van der Waals surface area contributed by atoms with E-state index in [0.717, 1.165) is 12.0 Å². The molecular weight excluding hydrogens is 330 g/mol. The van der Waals surface area contributed by atoms with E-state index in [1.165, 1.54) is 0 Å².